The Morgan fingerprint density at radius 1 is 1.21 bits per heavy atom. The Morgan fingerprint density at radius 2 is 2.03 bits per heavy atom. The van der Waals surface area contributed by atoms with Crippen LogP contribution in [0.1, 0.15) is 18.4 Å². The number of nitrogens with zero attached hydrogens (tertiary/aromatic N) is 1. The van der Waals surface area contributed by atoms with Crippen molar-refractivity contribution in [3.63, 3.8) is 0 Å². The van der Waals surface area contributed by atoms with Crippen molar-refractivity contribution in [1.29, 1.82) is 0 Å². The molecule has 0 saturated carbocycles. The van der Waals surface area contributed by atoms with E-state index in [1.165, 1.54) is 0 Å². The molecule has 1 N–H and O–H groups in total. The van der Waals surface area contributed by atoms with Gasteiger partial charge in [0.05, 0.1) is 7.11 Å². The number of halogens is 1. The molecule has 1 aliphatic heterocycles. The van der Waals surface area contributed by atoms with Crippen LogP contribution in [0.3, 0.4) is 0 Å². The molecule has 0 spiro atoms. The van der Waals surface area contributed by atoms with Gasteiger partial charge in [-0.25, -0.2) is 0 Å². The van der Waals surface area contributed by atoms with Gasteiger partial charge in [-0.3, -0.25) is 4.79 Å². The van der Waals surface area contributed by atoms with Crippen molar-refractivity contribution in [2.24, 2.45) is 0 Å². The average Bonchev–Trinajstić information content (AvgIpc) is 3.14. The lowest BCUT2D eigenvalue weighted by Crippen LogP contribution is -2.45. The summed E-state index contributed by atoms with van der Waals surface area (Å²) in [4.78, 5) is 12.7. The van der Waals surface area contributed by atoms with Crippen molar-refractivity contribution in [2.75, 3.05) is 26.9 Å². The number of fused-ring (bicyclic) bond motifs is 1. The van der Waals surface area contributed by atoms with Crippen molar-refractivity contribution in [2.45, 2.75) is 24.8 Å². The summed E-state index contributed by atoms with van der Waals surface area (Å²) in [5.74, 6) is 0.800. The highest BCUT2D eigenvalue weighted by Crippen LogP contribution is 2.35. The van der Waals surface area contributed by atoms with Gasteiger partial charge < -0.3 is 19.4 Å². The summed E-state index contributed by atoms with van der Waals surface area (Å²) in [5.41, 5.74) is 2.02. The van der Waals surface area contributed by atoms with E-state index in [1.54, 1.807) is 7.11 Å². The Hall–Kier alpha value is -2.50. The van der Waals surface area contributed by atoms with E-state index < -0.39 is 0 Å². The average molecular weight is 413 g/mol. The van der Waals surface area contributed by atoms with Gasteiger partial charge in [-0.05, 0) is 54.8 Å². The molecule has 0 bridgehead atoms. The smallest absolute Gasteiger partial charge is 0.239 e. The van der Waals surface area contributed by atoms with Crippen LogP contribution in [0.25, 0.3) is 10.9 Å². The largest absolute Gasteiger partial charge is 0.497 e. The third-order valence-electron chi connectivity index (χ3n) is 5.80. The highest BCUT2D eigenvalue weighted by atomic mass is 35.5. The molecule has 0 radical (unpaired) electrons. The molecule has 1 saturated heterocycles. The first kappa shape index (κ1) is 19.8. The molecule has 0 atom stereocenters. The summed E-state index contributed by atoms with van der Waals surface area (Å²) in [6.45, 7) is 2.22. The minimum absolute atomic E-state index is 0.00814. The molecule has 2 heterocycles. The van der Waals surface area contributed by atoms with Crippen LogP contribution in [0, 0.1) is 0 Å². The lowest BCUT2D eigenvalue weighted by molar-refractivity contribution is -0.122. The minimum atomic E-state index is -0.148. The zero-order valence-electron chi connectivity index (χ0n) is 16.5. The zero-order valence-corrected chi connectivity index (χ0v) is 17.2. The van der Waals surface area contributed by atoms with Crippen LogP contribution < -0.4 is 10.1 Å². The van der Waals surface area contributed by atoms with E-state index in [0.717, 1.165) is 35.1 Å². The van der Waals surface area contributed by atoms with E-state index in [4.69, 9.17) is 21.1 Å². The van der Waals surface area contributed by atoms with Gasteiger partial charge in [0.25, 0.3) is 0 Å². The molecular formula is C23H25ClN2O3. The maximum absolute atomic E-state index is 12.7. The van der Waals surface area contributed by atoms with Gasteiger partial charge in [-0.15, -0.1) is 0 Å². The first-order valence-electron chi connectivity index (χ1n) is 9.83. The van der Waals surface area contributed by atoms with Crippen LogP contribution in [-0.4, -0.2) is 37.3 Å². The van der Waals surface area contributed by atoms with Crippen molar-refractivity contribution >= 4 is 28.4 Å². The molecule has 3 aromatic rings. The second-order valence-corrected chi connectivity index (χ2v) is 7.98. The number of carbonyl (C=O) groups is 1. The number of methoxy groups -OCH3 is 1. The van der Waals surface area contributed by atoms with Crippen LogP contribution in [0.15, 0.2) is 54.7 Å². The van der Waals surface area contributed by atoms with E-state index in [9.17, 15) is 4.79 Å². The van der Waals surface area contributed by atoms with E-state index >= 15 is 0 Å². The van der Waals surface area contributed by atoms with Gasteiger partial charge in [0.1, 0.15) is 12.3 Å². The number of aromatic nitrogens is 1. The Morgan fingerprint density at radius 3 is 2.79 bits per heavy atom. The molecule has 1 fully saturated rings. The van der Waals surface area contributed by atoms with Gasteiger partial charge in [-0.2, -0.15) is 0 Å². The summed E-state index contributed by atoms with van der Waals surface area (Å²) in [6, 6.07) is 15.8. The minimum Gasteiger partial charge on any atom is -0.497 e. The van der Waals surface area contributed by atoms with Crippen LogP contribution in [0.4, 0.5) is 0 Å². The number of benzene rings is 2. The second-order valence-electron chi connectivity index (χ2n) is 7.55. The van der Waals surface area contributed by atoms with E-state index in [1.807, 2.05) is 53.2 Å². The van der Waals surface area contributed by atoms with Crippen LogP contribution in [-0.2, 0) is 21.5 Å². The SMILES string of the molecule is COc1ccc2c(ccn2CC(=O)NCC2(c3cccc(Cl)c3)CCOCC2)c1. The number of ether oxygens (including phenoxy) is 2. The van der Waals surface area contributed by atoms with Gasteiger partial charge in [0.15, 0.2) is 0 Å². The quantitative estimate of drug-likeness (QED) is 0.661. The number of nitrogens with one attached hydrogen (secondary N) is 1. The molecule has 29 heavy (non-hydrogen) atoms. The van der Waals surface area contributed by atoms with Gasteiger partial charge in [0.2, 0.25) is 5.91 Å². The van der Waals surface area contributed by atoms with E-state index in [0.29, 0.717) is 24.8 Å². The van der Waals surface area contributed by atoms with Gasteiger partial charge in [-0.1, -0.05) is 23.7 Å². The Bertz CT molecular complexity index is 1010. The standard InChI is InChI=1S/C23H25ClN2O3/c1-28-20-5-6-21-17(13-20)7-10-26(21)15-22(27)25-16-23(8-11-29-12-9-23)18-3-2-4-19(24)14-18/h2-7,10,13-14H,8-9,11-12,15-16H2,1H3,(H,25,27). The fourth-order valence-electron chi connectivity index (χ4n) is 4.07. The highest BCUT2D eigenvalue weighted by molar-refractivity contribution is 6.30. The second kappa shape index (κ2) is 8.47. The van der Waals surface area contributed by atoms with Crippen molar-refractivity contribution < 1.29 is 14.3 Å². The number of hydrogen-bond donors (Lipinski definition) is 1. The monoisotopic (exact) mass is 412 g/mol. The molecule has 5 nitrogen and oxygen atoms in total. The van der Waals surface area contributed by atoms with Crippen LogP contribution >= 0.6 is 11.6 Å². The zero-order chi connectivity index (χ0) is 20.3. The van der Waals surface area contributed by atoms with Crippen molar-refractivity contribution in [1.82, 2.24) is 9.88 Å². The maximum atomic E-state index is 12.7. The summed E-state index contributed by atoms with van der Waals surface area (Å²) in [7, 11) is 1.65. The lowest BCUT2D eigenvalue weighted by atomic mass is 9.74. The van der Waals surface area contributed by atoms with Gasteiger partial charge >= 0.3 is 0 Å². The Labute approximate surface area is 175 Å². The third-order valence-corrected chi connectivity index (χ3v) is 6.04. The predicted octanol–water partition coefficient (Wildman–Crippen LogP) is 4.17. The van der Waals surface area contributed by atoms with Crippen molar-refractivity contribution in [3.05, 3.63) is 65.3 Å². The number of rotatable bonds is 6. The Kier molecular flexibility index (Phi) is 5.79. The van der Waals surface area contributed by atoms with Crippen LogP contribution in [0.2, 0.25) is 5.02 Å². The van der Waals surface area contributed by atoms with Gasteiger partial charge in [0, 0.05) is 47.3 Å². The molecule has 152 valence electrons. The van der Waals surface area contributed by atoms with E-state index in [2.05, 4.69) is 11.4 Å². The van der Waals surface area contributed by atoms with Crippen LogP contribution in [0.5, 0.6) is 5.75 Å². The first-order valence-corrected chi connectivity index (χ1v) is 10.2. The number of hydrogen-bond acceptors (Lipinski definition) is 3. The lowest BCUT2D eigenvalue weighted by Gasteiger charge is -2.38. The normalized spacial score (nSPS) is 15.9. The molecular weight excluding hydrogens is 388 g/mol. The molecule has 4 rings (SSSR count). The molecule has 0 unspecified atom stereocenters. The number of amides is 1. The Balaban J connectivity index is 1.47. The summed E-state index contributed by atoms with van der Waals surface area (Å²) < 4.78 is 12.8. The van der Waals surface area contributed by atoms with E-state index in [-0.39, 0.29) is 17.9 Å². The number of carbonyl (C=O) groups excluding carboxylic acids is 1. The fourth-order valence-corrected chi connectivity index (χ4v) is 4.26. The molecule has 0 aliphatic carbocycles. The molecule has 1 aromatic heterocycles. The molecule has 6 heteroatoms. The summed E-state index contributed by atoms with van der Waals surface area (Å²) >= 11 is 6.23. The topological polar surface area (TPSA) is 52.5 Å². The van der Waals surface area contributed by atoms with Crippen molar-refractivity contribution in [3.8, 4) is 5.75 Å². The predicted molar refractivity (Wildman–Crippen MR) is 115 cm³/mol. The summed E-state index contributed by atoms with van der Waals surface area (Å²) in [6.07, 6.45) is 3.66. The fraction of sp³-hybridized carbons (Fsp3) is 0.348. The maximum Gasteiger partial charge on any atom is 0.239 e. The highest BCUT2D eigenvalue weighted by Gasteiger charge is 2.35. The summed E-state index contributed by atoms with van der Waals surface area (Å²) in [5, 5.41) is 4.92. The molecule has 2 aromatic carbocycles. The molecule has 1 aliphatic rings. The first-order chi connectivity index (χ1) is 14.1. The molecule has 1 amide bonds. The third kappa shape index (κ3) is 4.26.